The number of aliphatic hydroxyl groups excluding tert-OH is 3. The van der Waals surface area contributed by atoms with Crippen LogP contribution in [-0.2, 0) is 16.1 Å². The molecule has 0 bridgehead atoms. The van der Waals surface area contributed by atoms with Crippen LogP contribution in [0.1, 0.15) is 51.0 Å². The van der Waals surface area contributed by atoms with Crippen molar-refractivity contribution < 1.29 is 25.0 Å². The third-order valence-electron chi connectivity index (χ3n) is 6.23. The molecule has 6 nitrogen and oxygen atoms in total. The number of unbranched alkanes of at least 4 members (excludes halogenated alkanes) is 1. The van der Waals surface area contributed by atoms with Crippen LogP contribution in [0.15, 0.2) is 37.4 Å². The minimum Gasteiger partial charge on any atom is -0.393 e. The van der Waals surface area contributed by atoms with Crippen LogP contribution in [0.3, 0.4) is 0 Å². The maximum Gasteiger partial charge on any atom is 0.245 e. The van der Waals surface area contributed by atoms with Crippen LogP contribution in [0.4, 0.5) is 0 Å². The van der Waals surface area contributed by atoms with Gasteiger partial charge in [0.25, 0.3) is 0 Å². The lowest BCUT2D eigenvalue weighted by atomic mass is 9.84. The fourth-order valence-electron chi connectivity index (χ4n) is 4.39. The number of rotatable bonds is 12. The molecule has 1 saturated carbocycles. The van der Waals surface area contributed by atoms with Gasteiger partial charge >= 0.3 is 0 Å². The Morgan fingerprint density at radius 1 is 1.33 bits per heavy atom. The molecule has 186 valence electrons. The largest absolute Gasteiger partial charge is 0.393 e. The first-order valence-corrected chi connectivity index (χ1v) is 13.7. The molecule has 1 aliphatic rings. The first kappa shape index (κ1) is 28.7. The molecule has 0 saturated heterocycles. The molecule has 33 heavy (non-hydrogen) atoms. The van der Waals surface area contributed by atoms with Crippen molar-refractivity contribution in [2.24, 2.45) is 11.8 Å². The van der Waals surface area contributed by atoms with E-state index in [1.807, 2.05) is 25.2 Å². The SMILES string of the molecule is CON(C)C(=O)CCC/C=C\CC1C(/C(C)=C/[C@@H](O)CCc2cc(Br)sc2Br)[C@H](O)C[C@@H]1O. The van der Waals surface area contributed by atoms with Crippen molar-refractivity contribution in [2.75, 3.05) is 14.2 Å². The molecule has 1 heterocycles. The molecule has 9 heteroatoms. The Labute approximate surface area is 217 Å². The summed E-state index contributed by atoms with van der Waals surface area (Å²) < 4.78 is 2.12. The fourth-order valence-corrected chi connectivity index (χ4v) is 7.30. The highest BCUT2D eigenvalue weighted by Gasteiger charge is 2.41. The van der Waals surface area contributed by atoms with Gasteiger partial charge in [0.15, 0.2) is 0 Å². The number of amides is 1. The molecule has 0 aromatic carbocycles. The normalized spacial score (nSPS) is 24.5. The van der Waals surface area contributed by atoms with E-state index in [4.69, 9.17) is 4.84 Å². The zero-order valence-corrected chi connectivity index (χ0v) is 23.4. The van der Waals surface area contributed by atoms with Crippen LogP contribution in [0.5, 0.6) is 0 Å². The van der Waals surface area contributed by atoms with Crippen LogP contribution in [0.25, 0.3) is 0 Å². The maximum atomic E-state index is 11.7. The van der Waals surface area contributed by atoms with Crippen molar-refractivity contribution in [1.82, 2.24) is 5.06 Å². The summed E-state index contributed by atoms with van der Waals surface area (Å²) in [6.07, 6.45) is 8.31. The molecular weight excluding hydrogens is 574 g/mol. The number of nitrogens with zero attached hydrogens (tertiary/aromatic N) is 1. The summed E-state index contributed by atoms with van der Waals surface area (Å²) in [6, 6.07) is 2.06. The Morgan fingerprint density at radius 3 is 2.70 bits per heavy atom. The van der Waals surface area contributed by atoms with Crippen molar-refractivity contribution in [3.63, 3.8) is 0 Å². The van der Waals surface area contributed by atoms with Crippen molar-refractivity contribution in [2.45, 2.75) is 70.2 Å². The predicted molar refractivity (Wildman–Crippen MR) is 139 cm³/mol. The van der Waals surface area contributed by atoms with Crippen LogP contribution in [0, 0.1) is 11.8 Å². The minimum absolute atomic E-state index is 0.0568. The molecule has 2 rings (SSSR count). The van der Waals surface area contributed by atoms with Gasteiger partial charge in [0.05, 0.1) is 33.0 Å². The third kappa shape index (κ3) is 8.87. The first-order chi connectivity index (χ1) is 15.6. The van der Waals surface area contributed by atoms with Gasteiger partial charge in [-0.3, -0.25) is 9.63 Å². The average molecular weight is 609 g/mol. The van der Waals surface area contributed by atoms with Crippen LogP contribution >= 0.6 is 43.2 Å². The lowest BCUT2D eigenvalue weighted by Crippen LogP contribution is -2.24. The Bertz CT molecular complexity index is 828. The number of hydrogen-bond acceptors (Lipinski definition) is 6. The molecule has 5 atom stereocenters. The standard InChI is InChI=1S/C24H35Br2NO5S/c1-15(12-17(28)11-10-16-13-21(25)33-24(16)26)23-18(19(29)14-20(23)30)8-6-4-5-7-9-22(31)27(2)32-3/h4,6,12-13,17-20,23,28-30H,5,7-11,14H2,1-3H3/b6-4-,15-12+/t17-,18?,19-,20+,23?/m0/s1. The minimum atomic E-state index is -0.619. The van der Waals surface area contributed by atoms with Crippen molar-refractivity contribution in [3.05, 3.63) is 43.0 Å². The smallest absolute Gasteiger partial charge is 0.245 e. The molecule has 0 spiro atoms. The lowest BCUT2D eigenvalue weighted by Gasteiger charge is -2.24. The van der Waals surface area contributed by atoms with Crippen molar-refractivity contribution in [3.8, 4) is 0 Å². The summed E-state index contributed by atoms with van der Waals surface area (Å²) in [4.78, 5) is 16.6. The van der Waals surface area contributed by atoms with Gasteiger partial charge in [-0.1, -0.05) is 23.8 Å². The monoisotopic (exact) mass is 607 g/mol. The highest BCUT2D eigenvalue weighted by atomic mass is 79.9. The molecule has 1 aliphatic carbocycles. The number of carbonyl (C=O) groups excluding carboxylic acids is 1. The third-order valence-corrected chi connectivity index (χ3v) is 8.70. The van der Waals surface area contributed by atoms with Gasteiger partial charge in [0.2, 0.25) is 5.91 Å². The van der Waals surface area contributed by atoms with Gasteiger partial charge in [-0.05, 0) is 88.4 Å². The van der Waals surface area contributed by atoms with E-state index in [-0.39, 0.29) is 17.7 Å². The average Bonchev–Trinajstić information content (AvgIpc) is 3.23. The number of allylic oxidation sites excluding steroid dienone is 2. The zero-order chi connectivity index (χ0) is 24.5. The fraction of sp³-hybridized carbons (Fsp3) is 0.625. The first-order valence-electron chi connectivity index (χ1n) is 11.3. The van der Waals surface area contributed by atoms with Crippen molar-refractivity contribution in [1.29, 1.82) is 0 Å². The van der Waals surface area contributed by atoms with Crippen LogP contribution in [0.2, 0.25) is 0 Å². The molecule has 1 aromatic rings. The Hall–Kier alpha value is -0.550. The van der Waals surface area contributed by atoms with Gasteiger partial charge in [-0.2, -0.15) is 0 Å². The summed E-state index contributed by atoms with van der Waals surface area (Å²) in [6.45, 7) is 1.93. The number of hydrogen-bond donors (Lipinski definition) is 3. The van der Waals surface area contributed by atoms with Crippen LogP contribution in [-0.4, -0.2) is 58.8 Å². The van der Waals surface area contributed by atoms with Gasteiger partial charge in [-0.15, -0.1) is 11.3 Å². The van der Waals surface area contributed by atoms with Crippen LogP contribution < -0.4 is 0 Å². The Kier molecular flexibility index (Phi) is 12.3. The van der Waals surface area contributed by atoms with E-state index in [1.165, 1.54) is 12.2 Å². The Balaban J connectivity index is 1.88. The van der Waals surface area contributed by atoms with Gasteiger partial charge in [-0.25, -0.2) is 5.06 Å². The molecule has 0 radical (unpaired) electrons. The lowest BCUT2D eigenvalue weighted by molar-refractivity contribution is -0.168. The molecule has 0 aliphatic heterocycles. The number of carbonyl (C=O) groups is 1. The number of halogens is 2. The highest BCUT2D eigenvalue weighted by molar-refractivity contribution is 9.12. The zero-order valence-electron chi connectivity index (χ0n) is 19.4. The molecule has 1 amide bonds. The van der Waals surface area contributed by atoms with E-state index in [1.54, 1.807) is 18.4 Å². The molecule has 3 N–H and O–H groups in total. The second kappa shape index (κ2) is 14.1. The van der Waals surface area contributed by atoms with E-state index < -0.39 is 18.3 Å². The summed E-state index contributed by atoms with van der Waals surface area (Å²) in [5.41, 5.74) is 2.08. The quantitative estimate of drug-likeness (QED) is 0.176. The summed E-state index contributed by atoms with van der Waals surface area (Å²) in [5.74, 6) is -0.334. The van der Waals surface area contributed by atoms with Gasteiger partial charge in [0, 0.05) is 25.8 Å². The van der Waals surface area contributed by atoms with E-state index in [9.17, 15) is 20.1 Å². The molecule has 2 unspecified atom stereocenters. The summed E-state index contributed by atoms with van der Waals surface area (Å²) >= 11 is 8.65. The predicted octanol–water partition coefficient (Wildman–Crippen LogP) is 5.01. The maximum absolute atomic E-state index is 11.7. The van der Waals surface area contributed by atoms with Gasteiger partial charge in [0.1, 0.15) is 0 Å². The number of aliphatic hydroxyl groups is 3. The second-order valence-electron chi connectivity index (χ2n) is 8.60. The van der Waals surface area contributed by atoms with E-state index >= 15 is 0 Å². The van der Waals surface area contributed by atoms with Gasteiger partial charge < -0.3 is 15.3 Å². The summed E-state index contributed by atoms with van der Waals surface area (Å²) in [7, 11) is 3.06. The number of hydroxylamine groups is 2. The van der Waals surface area contributed by atoms with Crippen molar-refractivity contribution >= 4 is 49.1 Å². The van der Waals surface area contributed by atoms with E-state index in [0.29, 0.717) is 25.7 Å². The topological polar surface area (TPSA) is 90.2 Å². The van der Waals surface area contributed by atoms with E-state index in [2.05, 4.69) is 37.9 Å². The second-order valence-corrected chi connectivity index (χ2v) is 12.3. The number of aryl methyl sites for hydroxylation is 1. The number of thiophene rings is 1. The molecular formula is C24H35Br2NO5S. The summed E-state index contributed by atoms with van der Waals surface area (Å²) in [5, 5.41) is 32.9. The Morgan fingerprint density at radius 2 is 2.06 bits per heavy atom. The molecule has 1 aromatic heterocycles. The highest BCUT2D eigenvalue weighted by Crippen LogP contribution is 2.40. The molecule has 1 fully saturated rings. The van der Waals surface area contributed by atoms with E-state index in [0.717, 1.165) is 38.0 Å².